The summed E-state index contributed by atoms with van der Waals surface area (Å²) in [5, 5.41) is 3.26. The Kier molecular flexibility index (Phi) is 3.88. The van der Waals surface area contributed by atoms with E-state index in [1.54, 1.807) is 12.5 Å². The first kappa shape index (κ1) is 10.6. The van der Waals surface area contributed by atoms with E-state index in [1.807, 2.05) is 12.1 Å². The third-order valence-corrected chi connectivity index (χ3v) is 2.37. The van der Waals surface area contributed by atoms with Gasteiger partial charge in [-0.3, -0.25) is 0 Å². The summed E-state index contributed by atoms with van der Waals surface area (Å²) in [6, 6.07) is 12.4. The van der Waals surface area contributed by atoms with Crippen molar-refractivity contribution < 1.29 is 0 Å². The zero-order chi connectivity index (χ0) is 11.1. The number of rotatable bonds is 5. The van der Waals surface area contributed by atoms with Crippen molar-refractivity contribution in [3.8, 4) is 0 Å². The van der Waals surface area contributed by atoms with Gasteiger partial charge >= 0.3 is 0 Å². The minimum atomic E-state index is 0.892. The quantitative estimate of drug-likeness (QED) is 0.775. The Bertz CT molecular complexity index is 359. The number of nitrogens with zero attached hydrogens (tertiary/aromatic N) is 2. The number of aromatic nitrogens is 2. The van der Waals surface area contributed by atoms with Crippen molar-refractivity contribution in [2.45, 2.75) is 12.8 Å². The summed E-state index contributed by atoms with van der Waals surface area (Å²) in [7, 11) is 0. The Morgan fingerprint density at radius 3 is 2.69 bits per heavy atom. The highest BCUT2D eigenvalue weighted by Gasteiger charge is 1.93. The molecule has 2 rings (SSSR count). The zero-order valence-electron chi connectivity index (χ0n) is 9.13. The maximum atomic E-state index is 4.10. The summed E-state index contributed by atoms with van der Waals surface area (Å²) in [5.41, 5.74) is 1.38. The van der Waals surface area contributed by atoms with E-state index in [9.17, 15) is 0 Å². The Morgan fingerprint density at radius 2 is 1.94 bits per heavy atom. The van der Waals surface area contributed by atoms with Crippen LogP contribution in [0.5, 0.6) is 0 Å². The first-order valence-electron chi connectivity index (χ1n) is 5.49. The van der Waals surface area contributed by atoms with E-state index in [-0.39, 0.29) is 0 Å². The Labute approximate surface area is 95.6 Å². The van der Waals surface area contributed by atoms with E-state index in [2.05, 4.69) is 39.6 Å². The van der Waals surface area contributed by atoms with E-state index in [1.165, 1.54) is 5.56 Å². The smallest absolute Gasteiger partial charge is 0.129 e. The third-order valence-electron chi connectivity index (χ3n) is 2.37. The van der Waals surface area contributed by atoms with Crippen molar-refractivity contribution >= 4 is 5.82 Å². The Hall–Kier alpha value is -1.90. The lowest BCUT2D eigenvalue weighted by Gasteiger charge is -2.04. The van der Waals surface area contributed by atoms with E-state index >= 15 is 0 Å². The molecule has 1 heterocycles. The first-order valence-corrected chi connectivity index (χ1v) is 5.49. The SMILES string of the molecule is c1ccc(CCCNc2ccncn2)cc1. The number of hydrogen-bond acceptors (Lipinski definition) is 3. The second-order valence-corrected chi connectivity index (χ2v) is 3.61. The topological polar surface area (TPSA) is 37.8 Å². The van der Waals surface area contributed by atoms with Crippen LogP contribution in [0.25, 0.3) is 0 Å². The molecule has 1 aromatic heterocycles. The molecule has 0 radical (unpaired) electrons. The maximum Gasteiger partial charge on any atom is 0.129 e. The molecular formula is C13H15N3. The van der Waals surface area contributed by atoms with E-state index < -0.39 is 0 Å². The number of hydrogen-bond donors (Lipinski definition) is 1. The van der Waals surface area contributed by atoms with Crippen LogP contribution in [0.4, 0.5) is 5.82 Å². The summed E-state index contributed by atoms with van der Waals surface area (Å²) < 4.78 is 0. The normalized spacial score (nSPS) is 10.0. The van der Waals surface area contributed by atoms with Crippen LogP contribution in [0.1, 0.15) is 12.0 Å². The van der Waals surface area contributed by atoms with Crippen LogP contribution in [-0.2, 0) is 6.42 Å². The summed E-state index contributed by atoms with van der Waals surface area (Å²) in [6.07, 6.45) is 5.50. The largest absolute Gasteiger partial charge is 0.370 e. The standard InChI is InChI=1S/C13H15N3/c1-2-5-12(6-3-1)7-4-9-15-13-8-10-14-11-16-13/h1-3,5-6,8,10-11H,4,7,9H2,(H,14,15,16). The van der Waals surface area contributed by atoms with E-state index in [0.717, 1.165) is 25.2 Å². The molecule has 1 N–H and O–H groups in total. The summed E-state index contributed by atoms with van der Waals surface area (Å²) >= 11 is 0. The fraction of sp³-hybridized carbons (Fsp3) is 0.231. The van der Waals surface area contributed by atoms with Crippen molar-refractivity contribution in [1.82, 2.24) is 9.97 Å². The van der Waals surface area contributed by atoms with Crippen LogP contribution in [0, 0.1) is 0 Å². The Balaban J connectivity index is 1.70. The van der Waals surface area contributed by atoms with Crippen molar-refractivity contribution in [3.63, 3.8) is 0 Å². The lowest BCUT2D eigenvalue weighted by molar-refractivity contribution is 0.858. The van der Waals surface area contributed by atoms with Crippen LogP contribution in [-0.4, -0.2) is 16.5 Å². The van der Waals surface area contributed by atoms with Gasteiger partial charge in [-0.1, -0.05) is 30.3 Å². The van der Waals surface area contributed by atoms with Gasteiger partial charge in [-0.2, -0.15) is 0 Å². The minimum absolute atomic E-state index is 0.892. The summed E-state index contributed by atoms with van der Waals surface area (Å²) in [5.74, 6) is 0.892. The average molecular weight is 213 g/mol. The molecule has 3 heteroatoms. The van der Waals surface area contributed by atoms with Gasteiger partial charge in [-0.05, 0) is 24.5 Å². The van der Waals surface area contributed by atoms with Crippen LogP contribution in [0.3, 0.4) is 0 Å². The van der Waals surface area contributed by atoms with Gasteiger partial charge in [0.25, 0.3) is 0 Å². The zero-order valence-corrected chi connectivity index (χ0v) is 9.13. The monoisotopic (exact) mass is 213 g/mol. The third kappa shape index (κ3) is 3.35. The van der Waals surface area contributed by atoms with Gasteiger partial charge < -0.3 is 5.32 Å². The molecule has 0 fully saturated rings. The van der Waals surface area contributed by atoms with E-state index in [0.29, 0.717) is 0 Å². The fourth-order valence-electron chi connectivity index (χ4n) is 1.55. The lowest BCUT2D eigenvalue weighted by atomic mass is 10.1. The Morgan fingerprint density at radius 1 is 1.06 bits per heavy atom. The molecule has 0 saturated heterocycles. The molecule has 2 aromatic rings. The minimum Gasteiger partial charge on any atom is -0.370 e. The van der Waals surface area contributed by atoms with E-state index in [4.69, 9.17) is 0 Å². The molecular weight excluding hydrogens is 198 g/mol. The van der Waals surface area contributed by atoms with Gasteiger partial charge in [0.1, 0.15) is 12.1 Å². The first-order chi connectivity index (χ1) is 7.95. The van der Waals surface area contributed by atoms with Crippen molar-refractivity contribution in [2.75, 3.05) is 11.9 Å². The highest BCUT2D eigenvalue weighted by molar-refractivity contribution is 5.31. The predicted molar refractivity (Wildman–Crippen MR) is 65.3 cm³/mol. The van der Waals surface area contributed by atoms with Crippen LogP contribution in [0.15, 0.2) is 48.9 Å². The van der Waals surface area contributed by atoms with Gasteiger partial charge in [-0.25, -0.2) is 9.97 Å². The van der Waals surface area contributed by atoms with Gasteiger partial charge in [0, 0.05) is 12.7 Å². The molecule has 0 amide bonds. The summed E-state index contributed by atoms with van der Waals surface area (Å²) in [4.78, 5) is 7.97. The highest BCUT2D eigenvalue weighted by Crippen LogP contribution is 2.03. The number of benzene rings is 1. The fourth-order valence-corrected chi connectivity index (χ4v) is 1.55. The predicted octanol–water partition coefficient (Wildman–Crippen LogP) is 2.52. The molecule has 1 aromatic carbocycles. The van der Waals surface area contributed by atoms with Crippen molar-refractivity contribution in [1.29, 1.82) is 0 Å². The number of nitrogens with one attached hydrogen (secondary N) is 1. The molecule has 0 aliphatic carbocycles. The van der Waals surface area contributed by atoms with Crippen molar-refractivity contribution in [3.05, 3.63) is 54.5 Å². The molecule has 0 aliphatic heterocycles. The maximum absolute atomic E-state index is 4.10. The highest BCUT2D eigenvalue weighted by atomic mass is 15.0. The molecule has 0 aliphatic rings. The van der Waals surface area contributed by atoms with Crippen LogP contribution < -0.4 is 5.32 Å². The lowest BCUT2D eigenvalue weighted by Crippen LogP contribution is -2.04. The average Bonchev–Trinajstić information content (AvgIpc) is 2.37. The second-order valence-electron chi connectivity index (χ2n) is 3.61. The van der Waals surface area contributed by atoms with Gasteiger partial charge in [0.05, 0.1) is 0 Å². The number of anilines is 1. The molecule has 0 spiro atoms. The van der Waals surface area contributed by atoms with Gasteiger partial charge in [0.15, 0.2) is 0 Å². The molecule has 16 heavy (non-hydrogen) atoms. The molecule has 0 atom stereocenters. The van der Waals surface area contributed by atoms with Gasteiger partial charge in [0.2, 0.25) is 0 Å². The van der Waals surface area contributed by atoms with Crippen LogP contribution >= 0.6 is 0 Å². The molecule has 82 valence electrons. The molecule has 3 nitrogen and oxygen atoms in total. The van der Waals surface area contributed by atoms with Crippen molar-refractivity contribution in [2.24, 2.45) is 0 Å². The van der Waals surface area contributed by atoms with Crippen LogP contribution in [0.2, 0.25) is 0 Å². The number of aryl methyl sites for hydroxylation is 1. The molecule has 0 unspecified atom stereocenters. The summed E-state index contributed by atoms with van der Waals surface area (Å²) in [6.45, 7) is 0.936. The second kappa shape index (κ2) is 5.85. The molecule has 0 saturated carbocycles. The van der Waals surface area contributed by atoms with Gasteiger partial charge in [-0.15, -0.1) is 0 Å². The molecule has 0 bridgehead atoms.